The number of hydrogen-bond acceptors (Lipinski definition) is 5. The number of urea groups is 1. The number of aliphatic imine (C=N–C) groups is 1. The molecule has 0 saturated heterocycles. The fraction of sp³-hybridized carbons (Fsp3) is 0.200. The van der Waals surface area contributed by atoms with Crippen LogP contribution in [0.2, 0.25) is 5.02 Å². The Kier molecular flexibility index (Phi) is 5.93. The van der Waals surface area contributed by atoms with Gasteiger partial charge in [-0.1, -0.05) is 48.9 Å². The second-order valence-corrected chi connectivity index (χ2v) is 9.58. The van der Waals surface area contributed by atoms with Crippen LogP contribution in [0.5, 0.6) is 0 Å². The first kappa shape index (κ1) is 22.3. The summed E-state index contributed by atoms with van der Waals surface area (Å²) in [5, 5.41) is 16.1. The number of carbonyl (C=O) groups is 1. The van der Waals surface area contributed by atoms with Crippen LogP contribution in [0.25, 0.3) is 5.00 Å². The zero-order chi connectivity index (χ0) is 23.8. The molecule has 0 spiro atoms. The number of benzene rings is 2. The minimum atomic E-state index is -0.762. The fourth-order valence-corrected chi connectivity index (χ4v) is 5.36. The van der Waals surface area contributed by atoms with Crippen molar-refractivity contribution in [2.24, 2.45) is 4.99 Å². The lowest BCUT2D eigenvalue weighted by molar-refractivity contribution is 0.248. The van der Waals surface area contributed by atoms with Crippen molar-refractivity contribution in [2.75, 3.05) is 5.32 Å². The molecule has 1 aliphatic heterocycles. The zero-order valence-corrected chi connectivity index (χ0v) is 20.5. The molecule has 2 aromatic carbocycles. The van der Waals surface area contributed by atoms with Crippen molar-refractivity contribution in [3.63, 3.8) is 0 Å². The maximum absolute atomic E-state index is 13.0. The van der Waals surface area contributed by atoms with Gasteiger partial charge in [-0.15, -0.1) is 21.5 Å². The first-order chi connectivity index (χ1) is 16.4. The van der Waals surface area contributed by atoms with Crippen LogP contribution in [0.15, 0.2) is 59.6 Å². The topological polar surface area (TPSA) is 84.2 Å². The van der Waals surface area contributed by atoms with E-state index in [2.05, 4.69) is 33.8 Å². The van der Waals surface area contributed by atoms with Crippen LogP contribution < -0.4 is 10.6 Å². The average Bonchev–Trinajstić information content (AvgIpc) is 3.37. The van der Waals surface area contributed by atoms with E-state index >= 15 is 0 Å². The molecule has 2 amide bonds. The molecule has 172 valence electrons. The van der Waals surface area contributed by atoms with Crippen LogP contribution in [0.4, 0.5) is 10.5 Å². The molecule has 0 aliphatic carbocycles. The van der Waals surface area contributed by atoms with Crippen LogP contribution in [-0.2, 0) is 6.42 Å². The van der Waals surface area contributed by atoms with E-state index in [-0.39, 0.29) is 6.03 Å². The Hall–Kier alpha value is -3.49. The van der Waals surface area contributed by atoms with E-state index in [9.17, 15) is 4.79 Å². The smallest absolute Gasteiger partial charge is 0.309 e. The number of hydrogen-bond donors (Lipinski definition) is 2. The summed E-state index contributed by atoms with van der Waals surface area (Å²) in [7, 11) is 0. The Morgan fingerprint density at radius 3 is 2.68 bits per heavy atom. The molecule has 7 nitrogen and oxygen atoms in total. The van der Waals surface area contributed by atoms with E-state index < -0.39 is 6.17 Å². The van der Waals surface area contributed by atoms with Crippen molar-refractivity contribution in [3.8, 4) is 5.00 Å². The number of nitrogens with zero attached hydrogens (tertiary/aromatic N) is 4. The molecule has 0 bridgehead atoms. The van der Waals surface area contributed by atoms with E-state index in [1.165, 1.54) is 4.88 Å². The average molecular weight is 491 g/mol. The van der Waals surface area contributed by atoms with Crippen LogP contribution in [0.3, 0.4) is 0 Å². The van der Waals surface area contributed by atoms with E-state index in [0.29, 0.717) is 22.2 Å². The standard InChI is InChI=1S/C25H23ClN6OS/c1-4-17-13-19-21(18-10-5-6-11-20(18)26)28-22(23-31-30-15(3)32(23)24(19)34-17)29-25(33)27-16-9-7-8-14(2)12-16/h5-13,22H,4H2,1-3H3,(H2,27,29,33). The predicted molar refractivity (Wildman–Crippen MR) is 137 cm³/mol. The SMILES string of the molecule is CCc1cc2c(s1)-n1c(C)nnc1C(NC(=O)Nc1cccc(C)c1)N=C2c1ccccc1Cl. The highest BCUT2D eigenvalue weighted by molar-refractivity contribution is 7.15. The largest absolute Gasteiger partial charge is 0.321 e. The van der Waals surface area contributed by atoms with E-state index in [1.54, 1.807) is 11.3 Å². The molecule has 4 aromatic rings. The summed E-state index contributed by atoms with van der Waals surface area (Å²) in [6.07, 6.45) is 0.131. The highest BCUT2D eigenvalue weighted by Gasteiger charge is 2.31. The number of aromatic nitrogens is 3. The molecule has 3 heterocycles. The first-order valence-electron chi connectivity index (χ1n) is 11.0. The molecule has 34 heavy (non-hydrogen) atoms. The Bertz CT molecular complexity index is 1420. The van der Waals surface area contributed by atoms with Crippen LogP contribution in [-0.4, -0.2) is 26.5 Å². The summed E-state index contributed by atoms with van der Waals surface area (Å²) in [4.78, 5) is 19.2. The van der Waals surface area contributed by atoms with Gasteiger partial charge in [-0.2, -0.15) is 0 Å². The van der Waals surface area contributed by atoms with Crippen molar-refractivity contribution < 1.29 is 4.79 Å². The lowest BCUT2D eigenvalue weighted by atomic mass is 10.0. The molecule has 2 aromatic heterocycles. The highest BCUT2D eigenvalue weighted by Crippen LogP contribution is 2.36. The molecule has 9 heteroatoms. The Balaban J connectivity index is 1.61. The maximum atomic E-state index is 13.0. The van der Waals surface area contributed by atoms with Gasteiger partial charge in [0, 0.05) is 26.7 Å². The minimum Gasteiger partial charge on any atom is -0.309 e. The molecule has 2 N–H and O–H groups in total. The van der Waals surface area contributed by atoms with Crippen molar-refractivity contribution in [3.05, 3.63) is 92.8 Å². The number of fused-ring (bicyclic) bond motifs is 3. The second kappa shape index (κ2) is 9.04. The van der Waals surface area contributed by atoms with Gasteiger partial charge in [-0.3, -0.25) is 9.56 Å². The Morgan fingerprint density at radius 2 is 1.91 bits per heavy atom. The number of aryl methyl sites for hydroxylation is 3. The van der Waals surface area contributed by atoms with Crippen molar-refractivity contribution in [1.29, 1.82) is 0 Å². The molecule has 5 rings (SSSR count). The van der Waals surface area contributed by atoms with Crippen molar-refractivity contribution >= 4 is 40.4 Å². The summed E-state index contributed by atoms with van der Waals surface area (Å²) < 4.78 is 1.98. The highest BCUT2D eigenvalue weighted by atomic mass is 35.5. The van der Waals surface area contributed by atoms with Gasteiger partial charge in [0.2, 0.25) is 0 Å². The van der Waals surface area contributed by atoms with E-state index in [0.717, 1.165) is 33.9 Å². The quantitative estimate of drug-likeness (QED) is 0.377. The number of anilines is 1. The lowest BCUT2D eigenvalue weighted by Gasteiger charge is -2.15. The third-order valence-corrected chi connectivity index (χ3v) is 7.19. The third-order valence-electron chi connectivity index (χ3n) is 5.60. The molecule has 1 aliphatic rings. The molecule has 0 fully saturated rings. The number of halogens is 1. The van der Waals surface area contributed by atoms with Gasteiger partial charge < -0.3 is 10.6 Å². The van der Waals surface area contributed by atoms with Gasteiger partial charge in [0.25, 0.3) is 0 Å². The summed E-state index contributed by atoms with van der Waals surface area (Å²) in [5.41, 5.74) is 4.21. The Labute approximate surface area is 206 Å². The van der Waals surface area contributed by atoms with Crippen LogP contribution in [0, 0.1) is 13.8 Å². The summed E-state index contributed by atoms with van der Waals surface area (Å²) in [5.74, 6) is 1.27. The third kappa shape index (κ3) is 4.10. The summed E-state index contributed by atoms with van der Waals surface area (Å²) in [6.45, 7) is 6.00. The van der Waals surface area contributed by atoms with E-state index in [4.69, 9.17) is 16.6 Å². The molecule has 1 atom stereocenters. The van der Waals surface area contributed by atoms with Gasteiger partial charge in [0.05, 0.1) is 5.71 Å². The molecular weight excluding hydrogens is 468 g/mol. The zero-order valence-electron chi connectivity index (χ0n) is 19.0. The number of rotatable bonds is 4. The molecular formula is C25H23ClN6OS. The van der Waals surface area contributed by atoms with Gasteiger partial charge >= 0.3 is 6.03 Å². The van der Waals surface area contributed by atoms with Gasteiger partial charge in [0.1, 0.15) is 10.8 Å². The van der Waals surface area contributed by atoms with Crippen molar-refractivity contribution in [2.45, 2.75) is 33.4 Å². The lowest BCUT2D eigenvalue weighted by Crippen LogP contribution is -2.33. The summed E-state index contributed by atoms with van der Waals surface area (Å²) in [6, 6.07) is 17.0. The van der Waals surface area contributed by atoms with Crippen LogP contribution in [0.1, 0.15) is 46.3 Å². The van der Waals surface area contributed by atoms with Gasteiger partial charge in [0.15, 0.2) is 12.0 Å². The monoisotopic (exact) mass is 490 g/mol. The Morgan fingerprint density at radius 1 is 1.09 bits per heavy atom. The number of carbonyl (C=O) groups excluding carboxylic acids is 1. The molecule has 0 saturated carbocycles. The number of thiophene rings is 1. The summed E-state index contributed by atoms with van der Waals surface area (Å²) >= 11 is 8.27. The first-order valence-corrected chi connectivity index (χ1v) is 12.2. The number of amides is 2. The second-order valence-electron chi connectivity index (χ2n) is 8.05. The van der Waals surface area contributed by atoms with Gasteiger partial charge in [-0.25, -0.2) is 4.79 Å². The van der Waals surface area contributed by atoms with Crippen molar-refractivity contribution in [1.82, 2.24) is 20.1 Å². The number of nitrogens with one attached hydrogen (secondary N) is 2. The fourth-order valence-electron chi connectivity index (χ4n) is 3.98. The predicted octanol–water partition coefficient (Wildman–Crippen LogP) is 5.83. The maximum Gasteiger partial charge on any atom is 0.321 e. The van der Waals surface area contributed by atoms with Gasteiger partial charge in [-0.05, 0) is 50.1 Å². The molecule has 0 radical (unpaired) electrons. The van der Waals surface area contributed by atoms with Crippen LogP contribution >= 0.6 is 22.9 Å². The normalized spacial score (nSPS) is 14.6. The minimum absolute atomic E-state index is 0.385. The van der Waals surface area contributed by atoms with E-state index in [1.807, 2.05) is 66.9 Å². The molecule has 1 unspecified atom stereocenters.